The first-order valence-electron chi connectivity index (χ1n) is 12.1. The number of carbonyl (C=O) groups is 2. The van der Waals surface area contributed by atoms with Crippen LogP contribution in [0.25, 0.3) is 0 Å². The molecule has 1 aromatic heterocycles. The summed E-state index contributed by atoms with van der Waals surface area (Å²) in [6, 6.07) is 15.9. The molecule has 1 saturated carbocycles. The number of hydrogen-bond donors (Lipinski definition) is 4. The van der Waals surface area contributed by atoms with Gasteiger partial charge in [0.05, 0.1) is 16.8 Å². The van der Waals surface area contributed by atoms with Gasteiger partial charge in [-0.2, -0.15) is 0 Å². The molecule has 0 unspecified atom stereocenters. The van der Waals surface area contributed by atoms with Crippen molar-refractivity contribution in [3.05, 3.63) is 77.1 Å². The van der Waals surface area contributed by atoms with Crippen molar-refractivity contribution in [1.82, 2.24) is 10.3 Å². The maximum Gasteiger partial charge on any atom is 0.254 e. The molecule has 0 bridgehead atoms. The van der Waals surface area contributed by atoms with E-state index in [2.05, 4.69) is 16.0 Å². The van der Waals surface area contributed by atoms with E-state index in [1.807, 2.05) is 35.2 Å². The third-order valence-corrected chi connectivity index (χ3v) is 6.73. The zero-order valence-corrected chi connectivity index (χ0v) is 20.1. The molecule has 1 aliphatic heterocycles. The fourth-order valence-electron chi connectivity index (χ4n) is 4.80. The van der Waals surface area contributed by atoms with Crippen molar-refractivity contribution in [2.24, 2.45) is 5.73 Å². The van der Waals surface area contributed by atoms with Crippen LogP contribution in [0, 0.1) is 5.82 Å². The number of ketones is 1. The van der Waals surface area contributed by atoms with E-state index in [4.69, 9.17) is 10.7 Å². The van der Waals surface area contributed by atoms with E-state index < -0.39 is 11.4 Å². The van der Waals surface area contributed by atoms with Gasteiger partial charge in [-0.3, -0.25) is 9.59 Å². The lowest BCUT2D eigenvalue weighted by Crippen LogP contribution is -2.44. The average molecular weight is 489 g/mol. The van der Waals surface area contributed by atoms with Crippen molar-refractivity contribution >= 4 is 34.7 Å². The molecule has 9 heteroatoms. The van der Waals surface area contributed by atoms with E-state index in [-0.39, 0.29) is 34.2 Å². The highest BCUT2D eigenvalue weighted by Crippen LogP contribution is 2.51. The second-order valence-electron chi connectivity index (χ2n) is 9.24. The first kappa shape index (κ1) is 23.7. The van der Waals surface area contributed by atoms with Crippen LogP contribution in [0.4, 0.5) is 27.4 Å². The molecule has 5 N–H and O–H groups in total. The number of nitrogens with two attached hydrogens (primary N) is 1. The molecule has 0 spiro atoms. The Morgan fingerprint density at radius 3 is 2.31 bits per heavy atom. The largest absolute Gasteiger partial charge is 0.374 e. The average Bonchev–Trinajstić information content (AvgIpc) is 3.65. The Labute approximate surface area is 209 Å². The Bertz CT molecular complexity index is 1300. The van der Waals surface area contributed by atoms with Crippen LogP contribution in [0.3, 0.4) is 0 Å². The van der Waals surface area contributed by atoms with Gasteiger partial charge in [-0.05, 0) is 38.0 Å². The molecular formula is C27H29FN6O2. The number of halogens is 1. The number of aromatic nitrogens is 1. The summed E-state index contributed by atoms with van der Waals surface area (Å²) in [5, 5.41) is 9.93. The monoisotopic (exact) mass is 488 g/mol. The van der Waals surface area contributed by atoms with E-state index in [9.17, 15) is 14.0 Å². The molecule has 5 rings (SSSR count). The molecule has 2 fully saturated rings. The summed E-state index contributed by atoms with van der Waals surface area (Å²) < 4.78 is 14.8. The standard InChI is InChI=1S/C27H29FN6O2/c1-17(35)21-23(33-27(11-12-27)19-9-5-6-10-20(19)28)22(24(29)36)25(31-18-7-3-2-4-8-18)32-26(21)34-15-13-30-14-16-34/h2-10,30H,11-16H2,1H3,(H2,29,36)(H2,31,32,33). The molecule has 186 valence electrons. The molecule has 3 aromatic rings. The Balaban J connectivity index is 1.72. The Morgan fingerprint density at radius 2 is 1.69 bits per heavy atom. The van der Waals surface area contributed by atoms with Crippen LogP contribution in [0.15, 0.2) is 54.6 Å². The number of piperazine rings is 1. The van der Waals surface area contributed by atoms with E-state index in [1.54, 1.807) is 18.2 Å². The number of rotatable bonds is 8. The third kappa shape index (κ3) is 4.49. The van der Waals surface area contributed by atoms with E-state index >= 15 is 0 Å². The number of nitrogens with zero attached hydrogens (tertiary/aromatic N) is 2. The Morgan fingerprint density at radius 1 is 1.03 bits per heavy atom. The predicted molar refractivity (Wildman–Crippen MR) is 139 cm³/mol. The molecule has 2 heterocycles. The van der Waals surface area contributed by atoms with Crippen LogP contribution >= 0.6 is 0 Å². The minimum absolute atomic E-state index is 0.0746. The normalized spacial score (nSPS) is 16.3. The number of nitrogens with one attached hydrogen (secondary N) is 3. The summed E-state index contributed by atoms with van der Waals surface area (Å²) in [5.41, 5.74) is 7.02. The summed E-state index contributed by atoms with van der Waals surface area (Å²) in [6.45, 7) is 4.21. The summed E-state index contributed by atoms with van der Waals surface area (Å²) in [6.07, 6.45) is 1.30. The molecule has 1 saturated heterocycles. The van der Waals surface area contributed by atoms with Gasteiger partial charge in [-0.1, -0.05) is 36.4 Å². The number of primary amides is 1. The first-order chi connectivity index (χ1) is 17.4. The van der Waals surface area contributed by atoms with Gasteiger partial charge in [0.2, 0.25) is 0 Å². The Kier molecular flexibility index (Phi) is 6.32. The zero-order valence-electron chi connectivity index (χ0n) is 20.1. The Hall–Kier alpha value is -3.98. The number of carbonyl (C=O) groups excluding carboxylic acids is 2. The lowest BCUT2D eigenvalue weighted by atomic mass is 9.99. The van der Waals surface area contributed by atoms with Gasteiger partial charge in [0.1, 0.15) is 23.0 Å². The number of anilines is 4. The smallest absolute Gasteiger partial charge is 0.254 e. The summed E-state index contributed by atoms with van der Waals surface area (Å²) >= 11 is 0. The number of pyridine rings is 1. The van der Waals surface area contributed by atoms with Crippen LogP contribution in [0.5, 0.6) is 0 Å². The SMILES string of the molecule is CC(=O)c1c(N2CCNCC2)nc(Nc2ccccc2)c(C(N)=O)c1NC1(c2ccccc2F)CC1. The van der Waals surface area contributed by atoms with Crippen LogP contribution in [-0.2, 0) is 5.54 Å². The second kappa shape index (κ2) is 9.58. The molecule has 8 nitrogen and oxygen atoms in total. The van der Waals surface area contributed by atoms with Crippen molar-refractivity contribution in [3.8, 4) is 0 Å². The number of benzene rings is 2. The van der Waals surface area contributed by atoms with Crippen molar-refractivity contribution < 1.29 is 14.0 Å². The predicted octanol–water partition coefficient (Wildman–Crippen LogP) is 3.78. The molecule has 36 heavy (non-hydrogen) atoms. The van der Waals surface area contributed by atoms with E-state index in [0.29, 0.717) is 37.3 Å². The number of Topliss-reactive ketones (excluding diaryl/α,β-unsaturated/α-hetero) is 1. The van der Waals surface area contributed by atoms with Gasteiger partial charge in [-0.15, -0.1) is 0 Å². The molecule has 2 aliphatic rings. The van der Waals surface area contributed by atoms with Crippen LogP contribution < -0.4 is 26.6 Å². The number of hydrogen-bond acceptors (Lipinski definition) is 7. The highest BCUT2D eigenvalue weighted by atomic mass is 19.1. The van der Waals surface area contributed by atoms with Crippen molar-refractivity contribution in [2.75, 3.05) is 41.7 Å². The molecule has 1 amide bonds. The first-order valence-corrected chi connectivity index (χ1v) is 12.1. The van der Waals surface area contributed by atoms with Gasteiger partial charge >= 0.3 is 0 Å². The summed E-state index contributed by atoms with van der Waals surface area (Å²) in [7, 11) is 0. The maximum atomic E-state index is 14.8. The topological polar surface area (TPSA) is 112 Å². The third-order valence-electron chi connectivity index (χ3n) is 6.73. The molecular weight excluding hydrogens is 459 g/mol. The lowest BCUT2D eigenvalue weighted by molar-refractivity contribution is 0.100. The van der Waals surface area contributed by atoms with Gasteiger partial charge in [0.15, 0.2) is 5.78 Å². The minimum Gasteiger partial charge on any atom is -0.374 e. The zero-order chi connectivity index (χ0) is 25.3. The maximum absolute atomic E-state index is 14.8. The minimum atomic E-state index is -0.744. The van der Waals surface area contributed by atoms with Gasteiger partial charge in [-0.25, -0.2) is 9.37 Å². The summed E-state index contributed by atoms with van der Waals surface area (Å²) in [5.74, 6) is -0.608. The summed E-state index contributed by atoms with van der Waals surface area (Å²) in [4.78, 5) is 32.8. The van der Waals surface area contributed by atoms with E-state index in [1.165, 1.54) is 13.0 Å². The highest BCUT2D eigenvalue weighted by molar-refractivity contribution is 6.13. The fourth-order valence-corrected chi connectivity index (χ4v) is 4.80. The van der Waals surface area contributed by atoms with Gasteiger partial charge in [0.25, 0.3) is 5.91 Å². The van der Waals surface area contributed by atoms with Crippen molar-refractivity contribution in [1.29, 1.82) is 0 Å². The second-order valence-corrected chi connectivity index (χ2v) is 9.24. The van der Waals surface area contributed by atoms with Crippen LogP contribution in [0.2, 0.25) is 0 Å². The molecule has 0 atom stereocenters. The van der Waals surface area contributed by atoms with E-state index in [0.717, 1.165) is 18.8 Å². The molecule has 0 radical (unpaired) electrons. The quantitative estimate of drug-likeness (QED) is 0.357. The highest BCUT2D eigenvalue weighted by Gasteiger charge is 2.47. The number of para-hydroxylation sites is 1. The number of amides is 1. The van der Waals surface area contributed by atoms with Crippen molar-refractivity contribution in [2.45, 2.75) is 25.3 Å². The van der Waals surface area contributed by atoms with Gasteiger partial charge < -0.3 is 26.6 Å². The lowest BCUT2D eigenvalue weighted by Gasteiger charge is -2.32. The van der Waals surface area contributed by atoms with Crippen LogP contribution in [0.1, 0.15) is 46.0 Å². The van der Waals surface area contributed by atoms with Crippen LogP contribution in [-0.4, -0.2) is 42.9 Å². The molecule has 2 aromatic carbocycles. The molecule has 1 aliphatic carbocycles. The fraction of sp³-hybridized carbons (Fsp3) is 0.296. The van der Waals surface area contributed by atoms with Gasteiger partial charge in [0, 0.05) is 37.4 Å². The van der Waals surface area contributed by atoms with Crippen molar-refractivity contribution in [3.63, 3.8) is 0 Å².